The number of carbonyl (C=O) groups excluding carboxylic acids is 1. The Labute approximate surface area is 168 Å². The van der Waals surface area contributed by atoms with Gasteiger partial charge in [-0.25, -0.2) is 9.97 Å². The summed E-state index contributed by atoms with van der Waals surface area (Å²) in [6.45, 7) is 1.87. The maximum atomic E-state index is 12.3. The van der Waals surface area contributed by atoms with Crippen LogP contribution in [0.5, 0.6) is 0 Å². The summed E-state index contributed by atoms with van der Waals surface area (Å²) in [5.74, 6) is -0.614. The van der Waals surface area contributed by atoms with E-state index in [9.17, 15) is 14.9 Å². The van der Waals surface area contributed by atoms with Crippen molar-refractivity contribution in [3.8, 4) is 0 Å². The molecule has 0 atom stereocenters. The number of nitrogens with one attached hydrogen (secondary N) is 3. The average molecular weight is 443 g/mol. The first kappa shape index (κ1) is 19.2. The highest BCUT2D eigenvalue weighted by Gasteiger charge is 2.24. The van der Waals surface area contributed by atoms with E-state index in [4.69, 9.17) is 0 Å². The highest BCUT2D eigenvalue weighted by Crippen LogP contribution is 2.31. The second-order valence-corrected chi connectivity index (χ2v) is 6.53. The molecule has 1 amide bonds. The van der Waals surface area contributed by atoms with Crippen LogP contribution in [-0.4, -0.2) is 20.8 Å². The Balaban J connectivity index is 1.85. The van der Waals surface area contributed by atoms with Crippen molar-refractivity contribution >= 4 is 44.8 Å². The quantitative estimate of drug-likeness (QED) is 0.389. The predicted molar refractivity (Wildman–Crippen MR) is 108 cm³/mol. The number of aromatic nitrogens is 2. The highest BCUT2D eigenvalue weighted by molar-refractivity contribution is 9.10. The summed E-state index contributed by atoms with van der Waals surface area (Å²) in [6.07, 6.45) is 1.17. The molecule has 0 radical (unpaired) electrons. The lowest BCUT2D eigenvalue weighted by Crippen LogP contribution is -2.30. The van der Waals surface area contributed by atoms with Crippen molar-refractivity contribution in [3.63, 3.8) is 0 Å². The lowest BCUT2D eigenvalue weighted by molar-refractivity contribution is -0.383. The third kappa shape index (κ3) is 4.23. The number of para-hydroxylation sites is 1. The average Bonchev–Trinajstić information content (AvgIpc) is 2.68. The number of benzene rings is 2. The summed E-state index contributed by atoms with van der Waals surface area (Å²) in [5, 5.41) is 14.5. The number of nitrogens with zero attached hydrogens (tertiary/aromatic N) is 3. The summed E-state index contributed by atoms with van der Waals surface area (Å²) in [7, 11) is 0. The fourth-order valence-electron chi connectivity index (χ4n) is 2.40. The van der Waals surface area contributed by atoms with Gasteiger partial charge in [0.25, 0.3) is 5.91 Å². The van der Waals surface area contributed by atoms with Crippen molar-refractivity contribution in [2.24, 2.45) is 0 Å². The van der Waals surface area contributed by atoms with Gasteiger partial charge in [0.05, 0.1) is 10.5 Å². The van der Waals surface area contributed by atoms with Crippen LogP contribution in [0.2, 0.25) is 0 Å². The fourth-order valence-corrected chi connectivity index (χ4v) is 2.87. The molecule has 0 saturated heterocycles. The molecule has 0 aliphatic heterocycles. The van der Waals surface area contributed by atoms with E-state index in [0.717, 1.165) is 5.56 Å². The maximum absolute atomic E-state index is 12.3. The van der Waals surface area contributed by atoms with Crippen molar-refractivity contribution in [3.05, 3.63) is 80.6 Å². The molecule has 0 saturated carbocycles. The number of halogens is 1. The van der Waals surface area contributed by atoms with Gasteiger partial charge < -0.3 is 5.32 Å². The first-order chi connectivity index (χ1) is 13.5. The number of hydrazine groups is 1. The van der Waals surface area contributed by atoms with Gasteiger partial charge in [0.1, 0.15) is 6.33 Å². The molecule has 3 N–H and O–H groups in total. The standard InChI is InChI=1S/C18H15BrN6O3/c1-11-6-2-5-9-14(11)22-16-15(25(27)28)17(21-10-20-16)23-24-18(26)12-7-3-4-8-13(12)19/h2-10H,1H3,(H,24,26)(H2,20,21,22,23). The smallest absolute Gasteiger partial charge is 0.334 e. The molecular formula is C18H15BrN6O3. The van der Waals surface area contributed by atoms with Crippen LogP contribution < -0.4 is 16.2 Å². The Morgan fingerprint density at radius 2 is 1.75 bits per heavy atom. The number of hydrogen-bond donors (Lipinski definition) is 3. The van der Waals surface area contributed by atoms with Gasteiger partial charge in [-0.05, 0) is 46.6 Å². The monoisotopic (exact) mass is 442 g/mol. The third-order valence-corrected chi connectivity index (χ3v) is 4.51. The topological polar surface area (TPSA) is 122 Å². The molecule has 10 heteroatoms. The predicted octanol–water partition coefficient (Wildman–Crippen LogP) is 3.96. The van der Waals surface area contributed by atoms with Crippen LogP contribution in [0.25, 0.3) is 0 Å². The van der Waals surface area contributed by atoms with Crippen LogP contribution in [0.4, 0.5) is 23.0 Å². The summed E-state index contributed by atoms with van der Waals surface area (Å²) < 4.78 is 0.591. The highest BCUT2D eigenvalue weighted by atomic mass is 79.9. The van der Waals surface area contributed by atoms with Crippen LogP contribution in [0.1, 0.15) is 15.9 Å². The van der Waals surface area contributed by atoms with Gasteiger partial charge in [-0.2, -0.15) is 0 Å². The molecule has 0 aliphatic carbocycles. The molecule has 0 aliphatic rings. The molecule has 142 valence electrons. The van der Waals surface area contributed by atoms with Crippen molar-refractivity contribution in [1.82, 2.24) is 15.4 Å². The minimum atomic E-state index is -0.618. The van der Waals surface area contributed by atoms with Crippen LogP contribution in [0, 0.1) is 17.0 Å². The molecule has 28 heavy (non-hydrogen) atoms. The summed E-state index contributed by atoms with van der Waals surface area (Å²) >= 11 is 3.28. The Morgan fingerprint density at radius 1 is 1.07 bits per heavy atom. The van der Waals surface area contributed by atoms with Gasteiger partial charge >= 0.3 is 5.69 Å². The maximum Gasteiger partial charge on any atom is 0.355 e. The van der Waals surface area contributed by atoms with Gasteiger partial charge in [-0.15, -0.1) is 0 Å². The molecule has 9 nitrogen and oxygen atoms in total. The van der Waals surface area contributed by atoms with E-state index < -0.39 is 16.5 Å². The zero-order chi connectivity index (χ0) is 20.1. The van der Waals surface area contributed by atoms with Crippen molar-refractivity contribution in [2.75, 3.05) is 10.7 Å². The summed E-state index contributed by atoms with van der Waals surface area (Å²) in [4.78, 5) is 31.2. The van der Waals surface area contributed by atoms with Crippen molar-refractivity contribution < 1.29 is 9.72 Å². The second kappa shape index (κ2) is 8.44. The molecular weight excluding hydrogens is 428 g/mol. The molecule has 0 unspecified atom stereocenters. The fraction of sp³-hybridized carbons (Fsp3) is 0.0556. The van der Waals surface area contributed by atoms with Gasteiger partial charge in [0, 0.05) is 10.2 Å². The lowest BCUT2D eigenvalue weighted by atomic mass is 10.2. The molecule has 3 aromatic rings. The van der Waals surface area contributed by atoms with E-state index >= 15 is 0 Å². The van der Waals surface area contributed by atoms with Crippen LogP contribution in [-0.2, 0) is 0 Å². The van der Waals surface area contributed by atoms with Crippen LogP contribution in [0.15, 0.2) is 59.3 Å². The zero-order valence-corrected chi connectivity index (χ0v) is 16.2. The Kier molecular flexibility index (Phi) is 5.80. The molecule has 0 spiro atoms. The first-order valence-electron chi connectivity index (χ1n) is 8.10. The van der Waals surface area contributed by atoms with Crippen LogP contribution in [0.3, 0.4) is 0 Å². The van der Waals surface area contributed by atoms with Crippen LogP contribution >= 0.6 is 15.9 Å². The number of nitro groups is 1. The summed E-state index contributed by atoms with van der Waals surface area (Å²) in [5.41, 5.74) is 6.46. The molecule has 0 fully saturated rings. The summed E-state index contributed by atoms with van der Waals surface area (Å²) in [6, 6.07) is 14.1. The zero-order valence-electron chi connectivity index (χ0n) is 14.6. The Bertz CT molecular complexity index is 1040. The van der Waals surface area contributed by atoms with E-state index in [1.807, 2.05) is 19.1 Å². The van der Waals surface area contributed by atoms with E-state index in [0.29, 0.717) is 15.7 Å². The lowest BCUT2D eigenvalue weighted by Gasteiger charge is -2.12. The van der Waals surface area contributed by atoms with Crippen molar-refractivity contribution in [2.45, 2.75) is 6.92 Å². The van der Waals surface area contributed by atoms with Gasteiger partial charge in [-0.1, -0.05) is 30.3 Å². The number of aryl methyl sites for hydroxylation is 1. The minimum Gasteiger partial charge on any atom is -0.334 e. The molecule has 3 rings (SSSR count). The van der Waals surface area contributed by atoms with Gasteiger partial charge in [0.15, 0.2) is 0 Å². The number of anilines is 3. The van der Waals surface area contributed by atoms with Gasteiger partial charge in [-0.3, -0.25) is 25.8 Å². The molecule has 1 heterocycles. The Morgan fingerprint density at radius 3 is 2.46 bits per heavy atom. The van der Waals surface area contributed by atoms with Gasteiger partial charge in [0.2, 0.25) is 11.6 Å². The largest absolute Gasteiger partial charge is 0.355 e. The van der Waals surface area contributed by atoms with E-state index in [2.05, 4.69) is 42.1 Å². The number of amides is 1. The number of carbonyl (C=O) groups is 1. The Hall–Kier alpha value is -3.53. The minimum absolute atomic E-state index is 0.00643. The number of hydrogen-bond acceptors (Lipinski definition) is 7. The first-order valence-corrected chi connectivity index (χ1v) is 8.89. The number of rotatable bonds is 6. The molecule has 0 bridgehead atoms. The van der Waals surface area contributed by atoms with E-state index in [-0.39, 0.29) is 11.6 Å². The third-order valence-electron chi connectivity index (χ3n) is 3.82. The normalized spacial score (nSPS) is 10.2. The second-order valence-electron chi connectivity index (χ2n) is 5.68. The van der Waals surface area contributed by atoms with Crippen molar-refractivity contribution in [1.29, 1.82) is 0 Å². The molecule has 1 aromatic heterocycles. The molecule has 2 aromatic carbocycles. The van der Waals surface area contributed by atoms with E-state index in [1.54, 1.807) is 36.4 Å². The SMILES string of the molecule is Cc1ccccc1Nc1ncnc(NNC(=O)c2ccccc2Br)c1[N+](=O)[O-]. The van der Waals surface area contributed by atoms with E-state index in [1.165, 1.54) is 6.33 Å².